The Bertz CT molecular complexity index is 660. The van der Waals surface area contributed by atoms with Gasteiger partial charge in [0.05, 0.1) is 6.54 Å². The number of carbonyl (C=O) groups excluding carboxylic acids is 2. The van der Waals surface area contributed by atoms with E-state index in [1.165, 1.54) is 24.3 Å². The molecule has 2 N–H and O–H groups in total. The predicted octanol–water partition coefficient (Wildman–Crippen LogP) is 2.80. The highest BCUT2D eigenvalue weighted by molar-refractivity contribution is 5.79. The second kappa shape index (κ2) is 8.25. The zero-order chi connectivity index (χ0) is 20.2. The van der Waals surface area contributed by atoms with Crippen LogP contribution in [0.2, 0.25) is 0 Å². The molecule has 1 heterocycles. The number of rotatable bonds is 4. The zero-order valence-electron chi connectivity index (χ0n) is 16.4. The average molecular weight is 380 g/mol. The van der Waals surface area contributed by atoms with Gasteiger partial charge in [-0.1, -0.05) is 12.1 Å². The Morgan fingerprint density at radius 1 is 1.19 bits per heavy atom. The summed E-state index contributed by atoms with van der Waals surface area (Å²) >= 11 is 0. The molecule has 1 unspecified atom stereocenters. The molecule has 1 aliphatic heterocycles. The van der Waals surface area contributed by atoms with Crippen LogP contribution in [0.1, 0.15) is 46.1 Å². The molecule has 1 aliphatic rings. The summed E-state index contributed by atoms with van der Waals surface area (Å²) in [6.45, 7) is 7.98. The highest BCUT2D eigenvalue weighted by Crippen LogP contribution is 2.22. The van der Waals surface area contributed by atoms with Crippen molar-refractivity contribution < 1.29 is 23.8 Å². The molecule has 150 valence electrons. The Morgan fingerprint density at radius 2 is 1.74 bits per heavy atom. The first-order valence-corrected chi connectivity index (χ1v) is 9.22. The first-order valence-electron chi connectivity index (χ1n) is 9.22. The van der Waals surface area contributed by atoms with Crippen LogP contribution in [0, 0.1) is 11.7 Å². The topological polar surface area (TPSA) is 78.9 Å². The van der Waals surface area contributed by atoms with E-state index in [1.807, 2.05) is 20.8 Å². The number of likely N-dealkylation sites (tertiary alicyclic amines) is 1. The maximum Gasteiger partial charge on any atom is 0.410 e. The fraction of sp³-hybridized carbons (Fsp3) is 0.600. The number of nitrogens with one attached hydrogen (secondary N) is 1. The molecule has 2 rings (SSSR count). The Balaban J connectivity index is 1.82. The van der Waals surface area contributed by atoms with Crippen LogP contribution in [-0.2, 0) is 15.1 Å². The van der Waals surface area contributed by atoms with E-state index in [0.29, 0.717) is 31.5 Å². The van der Waals surface area contributed by atoms with Crippen molar-refractivity contribution >= 4 is 12.0 Å². The fourth-order valence-electron chi connectivity index (χ4n) is 2.97. The van der Waals surface area contributed by atoms with Crippen LogP contribution in [0.15, 0.2) is 24.3 Å². The Kier molecular flexibility index (Phi) is 6.46. The molecule has 2 amide bonds. The minimum Gasteiger partial charge on any atom is -0.444 e. The van der Waals surface area contributed by atoms with E-state index in [0.717, 1.165) is 0 Å². The summed E-state index contributed by atoms with van der Waals surface area (Å²) in [5.41, 5.74) is -1.30. The maximum absolute atomic E-state index is 13.0. The highest BCUT2D eigenvalue weighted by atomic mass is 19.1. The van der Waals surface area contributed by atoms with Gasteiger partial charge < -0.3 is 20.1 Å². The molecular weight excluding hydrogens is 351 g/mol. The van der Waals surface area contributed by atoms with Crippen molar-refractivity contribution in [1.29, 1.82) is 0 Å². The lowest BCUT2D eigenvalue weighted by molar-refractivity contribution is -0.127. The minimum atomic E-state index is -1.29. The van der Waals surface area contributed by atoms with E-state index < -0.39 is 11.2 Å². The molecule has 27 heavy (non-hydrogen) atoms. The third-order valence-corrected chi connectivity index (χ3v) is 4.59. The Hall–Kier alpha value is -2.15. The lowest BCUT2D eigenvalue weighted by atomic mass is 9.93. The monoisotopic (exact) mass is 380 g/mol. The van der Waals surface area contributed by atoms with Crippen molar-refractivity contribution in [2.45, 2.75) is 51.7 Å². The molecule has 1 saturated heterocycles. The van der Waals surface area contributed by atoms with Gasteiger partial charge in [0.15, 0.2) is 0 Å². The van der Waals surface area contributed by atoms with Gasteiger partial charge in [0.2, 0.25) is 5.91 Å². The largest absolute Gasteiger partial charge is 0.444 e. The van der Waals surface area contributed by atoms with Crippen LogP contribution in [-0.4, -0.2) is 47.2 Å². The molecule has 1 atom stereocenters. The third kappa shape index (κ3) is 6.20. The lowest BCUT2D eigenvalue weighted by Crippen LogP contribution is -2.46. The van der Waals surface area contributed by atoms with Crippen molar-refractivity contribution in [3.05, 3.63) is 35.6 Å². The van der Waals surface area contributed by atoms with E-state index in [1.54, 1.807) is 11.8 Å². The SMILES string of the molecule is CC(C)(C)OC(=O)N1CCC(C(=O)NCC(C)(O)c2ccc(F)cc2)CC1. The molecule has 0 spiro atoms. The van der Waals surface area contributed by atoms with E-state index in [2.05, 4.69) is 5.32 Å². The standard InChI is InChI=1S/C20H29FN2O4/c1-19(2,3)27-18(25)23-11-9-14(10-12-23)17(24)22-13-20(4,26)15-5-7-16(21)8-6-15/h5-8,14,26H,9-13H2,1-4H3,(H,22,24). The van der Waals surface area contributed by atoms with Crippen LogP contribution < -0.4 is 5.32 Å². The van der Waals surface area contributed by atoms with Crippen LogP contribution >= 0.6 is 0 Å². The maximum atomic E-state index is 13.0. The number of hydrogen-bond acceptors (Lipinski definition) is 4. The van der Waals surface area contributed by atoms with Crippen LogP contribution in [0.5, 0.6) is 0 Å². The number of hydrogen-bond donors (Lipinski definition) is 2. The van der Waals surface area contributed by atoms with E-state index in [-0.39, 0.29) is 30.3 Å². The molecule has 1 aromatic rings. The van der Waals surface area contributed by atoms with Crippen molar-refractivity contribution in [1.82, 2.24) is 10.2 Å². The number of piperidine rings is 1. The Labute approximate surface area is 159 Å². The molecule has 1 aromatic carbocycles. The number of halogens is 1. The van der Waals surface area contributed by atoms with Crippen molar-refractivity contribution in [2.24, 2.45) is 5.92 Å². The molecule has 1 fully saturated rings. The first kappa shape index (κ1) is 21.2. The summed E-state index contributed by atoms with van der Waals surface area (Å²) in [5.74, 6) is -0.746. The van der Waals surface area contributed by atoms with Crippen LogP contribution in [0.3, 0.4) is 0 Å². The van der Waals surface area contributed by atoms with Gasteiger partial charge in [-0.2, -0.15) is 0 Å². The van der Waals surface area contributed by atoms with Gasteiger partial charge in [0.1, 0.15) is 17.0 Å². The van der Waals surface area contributed by atoms with Crippen molar-refractivity contribution in [3.8, 4) is 0 Å². The molecule has 0 aliphatic carbocycles. The van der Waals surface area contributed by atoms with Crippen molar-refractivity contribution in [2.75, 3.05) is 19.6 Å². The third-order valence-electron chi connectivity index (χ3n) is 4.59. The van der Waals surface area contributed by atoms with Gasteiger partial charge in [-0.05, 0) is 58.2 Å². The molecule has 0 bridgehead atoms. The smallest absolute Gasteiger partial charge is 0.410 e. The first-order chi connectivity index (χ1) is 12.5. The quantitative estimate of drug-likeness (QED) is 0.842. The summed E-state index contributed by atoms with van der Waals surface area (Å²) in [4.78, 5) is 26.1. The normalized spacial score (nSPS) is 17.9. The summed E-state index contributed by atoms with van der Waals surface area (Å²) in [6, 6.07) is 5.55. The number of carbonyl (C=O) groups is 2. The summed E-state index contributed by atoms with van der Waals surface area (Å²) in [6.07, 6.45) is 0.730. The van der Waals surface area contributed by atoms with Gasteiger partial charge in [0.25, 0.3) is 0 Å². The minimum absolute atomic E-state index is 0.0315. The molecule has 7 heteroatoms. The number of ether oxygens (including phenoxy) is 1. The summed E-state index contributed by atoms with van der Waals surface area (Å²) in [7, 11) is 0. The summed E-state index contributed by atoms with van der Waals surface area (Å²) < 4.78 is 18.4. The van der Waals surface area contributed by atoms with E-state index in [4.69, 9.17) is 4.74 Å². The van der Waals surface area contributed by atoms with Crippen LogP contribution in [0.25, 0.3) is 0 Å². The summed E-state index contributed by atoms with van der Waals surface area (Å²) in [5, 5.41) is 13.3. The van der Waals surface area contributed by atoms with E-state index >= 15 is 0 Å². The highest BCUT2D eigenvalue weighted by Gasteiger charge is 2.31. The molecule has 0 radical (unpaired) electrons. The van der Waals surface area contributed by atoms with Gasteiger partial charge in [-0.3, -0.25) is 4.79 Å². The van der Waals surface area contributed by atoms with Gasteiger partial charge in [-0.25, -0.2) is 9.18 Å². The second-order valence-electron chi connectivity index (χ2n) is 8.24. The molecule has 0 aromatic heterocycles. The van der Waals surface area contributed by atoms with Gasteiger partial charge in [0, 0.05) is 19.0 Å². The number of aliphatic hydroxyl groups is 1. The molecule has 0 saturated carbocycles. The van der Waals surface area contributed by atoms with E-state index in [9.17, 15) is 19.1 Å². The van der Waals surface area contributed by atoms with Crippen molar-refractivity contribution in [3.63, 3.8) is 0 Å². The Morgan fingerprint density at radius 3 is 2.26 bits per heavy atom. The zero-order valence-corrected chi connectivity index (χ0v) is 16.4. The molecule has 6 nitrogen and oxygen atoms in total. The number of amides is 2. The number of benzene rings is 1. The average Bonchev–Trinajstić information content (AvgIpc) is 2.59. The molecular formula is C20H29FN2O4. The lowest BCUT2D eigenvalue weighted by Gasteiger charge is -2.33. The predicted molar refractivity (Wildman–Crippen MR) is 99.5 cm³/mol. The fourth-order valence-corrected chi connectivity index (χ4v) is 2.97. The second-order valence-corrected chi connectivity index (χ2v) is 8.24. The van der Waals surface area contributed by atoms with Gasteiger partial charge in [-0.15, -0.1) is 0 Å². The van der Waals surface area contributed by atoms with Gasteiger partial charge >= 0.3 is 6.09 Å². The number of nitrogens with zero attached hydrogens (tertiary/aromatic N) is 1. The van der Waals surface area contributed by atoms with Crippen LogP contribution in [0.4, 0.5) is 9.18 Å².